The van der Waals surface area contributed by atoms with Gasteiger partial charge in [-0.25, -0.2) is 0 Å². The minimum Gasteiger partial charge on any atom is -0.508 e. The van der Waals surface area contributed by atoms with Crippen LogP contribution in [0.4, 0.5) is 5.69 Å². The van der Waals surface area contributed by atoms with Crippen molar-refractivity contribution in [2.45, 2.75) is 6.54 Å². The zero-order chi connectivity index (χ0) is 11.4. The molecule has 0 aliphatic carbocycles. The van der Waals surface area contributed by atoms with Gasteiger partial charge in [-0.05, 0) is 30.3 Å². The first-order valence-corrected chi connectivity index (χ1v) is 5.66. The van der Waals surface area contributed by atoms with Crippen LogP contribution in [-0.4, -0.2) is 5.11 Å². The van der Waals surface area contributed by atoms with Gasteiger partial charge in [-0.2, -0.15) is 5.26 Å². The topological polar surface area (TPSA) is 56.0 Å². The number of rotatable bonds is 3. The van der Waals surface area contributed by atoms with E-state index in [4.69, 9.17) is 10.4 Å². The van der Waals surface area contributed by atoms with Gasteiger partial charge in [-0.15, -0.1) is 11.3 Å². The summed E-state index contributed by atoms with van der Waals surface area (Å²) in [5.74, 6) is 0.258. The third kappa shape index (κ3) is 2.53. The van der Waals surface area contributed by atoms with E-state index in [0.717, 1.165) is 10.6 Å². The molecule has 1 aromatic heterocycles. The number of benzene rings is 1. The standard InChI is InChI=1S/C12H10N2OS/c13-6-9-5-12(16-8-9)7-14-10-1-3-11(15)4-2-10/h1-5,8,14-15H,7H2. The highest BCUT2D eigenvalue weighted by Crippen LogP contribution is 2.17. The van der Waals surface area contributed by atoms with E-state index in [9.17, 15) is 0 Å². The molecule has 0 amide bonds. The fourth-order valence-electron chi connectivity index (χ4n) is 1.30. The molecule has 0 saturated carbocycles. The fourth-order valence-corrected chi connectivity index (χ4v) is 2.05. The van der Waals surface area contributed by atoms with Crippen LogP contribution in [0.3, 0.4) is 0 Å². The van der Waals surface area contributed by atoms with E-state index in [1.165, 1.54) is 0 Å². The first kappa shape index (κ1) is 10.5. The molecule has 3 nitrogen and oxygen atoms in total. The van der Waals surface area contributed by atoms with E-state index in [0.29, 0.717) is 12.1 Å². The van der Waals surface area contributed by atoms with Crippen molar-refractivity contribution in [1.82, 2.24) is 0 Å². The average Bonchev–Trinajstić information content (AvgIpc) is 2.76. The summed E-state index contributed by atoms with van der Waals surface area (Å²) >= 11 is 1.56. The van der Waals surface area contributed by atoms with E-state index >= 15 is 0 Å². The van der Waals surface area contributed by atoms with Crippen LogP contribution < -0.4 is 5.32 Å². The first-order chi connectivity index (χ1) is 7.78. The van der Waals surface area contributed by atoms with Crippen molar-refractivity contribution in [3.8, 4) is 11.8 Å². The third-order valence-corrected chi connectivity index (χ3v) is 3.05. The zero-order valence-electron chi connectivity index (χ0n) is 8.47. The van der Waals surface area contributed by atoms with Crippen molar-refractivity contribution >= 4 is 17.0 Å². The number of hydrogen-bond donors (Lipinski definition) is 2. The van der Waals surface area contributed by atoms with Gasteiger partial charge in [0, 0.05) is 22.5 Å². The summed E-state index contributed by atoms with van der Waals surface area (Å²) in [6.07, 6.45) is 0. The highest BCUT2D eigenvalue weighted by atomic mass is 32.1. The molecule has 2 aromatic rings. The van der Waals surface area contributed by atoms with Crippen LogP contribution in [-0.2, 0) is 6.54 Å². The van der Waals surface area contributed by atoms with Crippen LogP contribution in [0.25, 0.3) is 0 Å². The summed E-state index contributed by atoms with van der Waals surface area (Å²) in [5, 5.41) is 22.8. The lowest BCUT2D eigenvalue weighted by atomic mass is 10.3. The van der Waals surface area contributed by atoms with Gasteiger partial charge in [-0.1, -0.05) is 0 Å². The molecule has 0 aliphatic rings. The molecule has 0 fully saturated rings. The largest absolute Gasteiger partial charge is 0.508 e. The second-order valence-corrected chi connectivity index (χ2v) is 4.31. The van der Waals surface area contributed by atoms with Crippen LogP contribution in [0.1, 0.15) is 10.4 Å². The summed E-state index contributed by atoms with van der Waals surface area (Å²) in [6.45, 7) is 0.692. The van der Waals surface area contributed by atoms with E-state index in [1.54, 1.807) is 23.5 Å². The lowest BCUT2D eigenvalue weighted by Gasteiger charge is -2.04. The lowest BCUT2D eigenvalue weighted by molar-refractivity contribution is 0.475. The molecule has 1 aromatic carbocycles. The molecule has 0 radical (unpaired) electrons. The van der Waals surface area contributed by atoms with Crippen molar-refractivity contribution in [2.24, 2.45) is 0 Å². The molecule has 0 spiro atoms. The Bertz CT molecular complexity index is 511. The maximum absolute atomic E-state index is 9.12. The lowest BCUT2D eigenvalue weighted by Crippen LogP contribution is -1.96. The number of thiophene rings is 1. The molecule has 80 valence electrons. The minimum atomic E-state index is 0.258. The van der Waals surface area contributed by atoms with Crippen LogP contribution >= 0.6 is 11.3 Å². The molecule has 1 heterocycles. The number of nitrogens with one attached hydrogen (secondary N) is 1. The second-order valence-electron chi connectivity index (χ2n) is 3.31. The molecule has 0 saturated heterocycles. The van der Waals surface area contributed by atoms with Crippen molar-refractivity contribution in [3.05, 3.63) is 46.2 Å². The van der Waals surface area contributed by atoms with E-state index < -0.39 is 0 Å². The van der Waals surface area contributed by atoms with Crippen molar-refractivity contribution in [1.29, 1.82) is 5.26 Å². The maximum atomic E-state index is 9.12. The Balaban J connectivity index is 1.97. The number of anilines is 1. The maximum Gasteiger partial charge on any atom is 0.115 e. The number of phenolic OH excluding ortho intramolecular Hbond substituents is 1. The Kier molecular flexibility index (Phi) is 3.08. The third-order valence-electron chi connectivity index (χ3n) is 2.12. The predicted octanol–water partition coefficient (Wildman–Crippen LogP) is 2.94. The van der Waals surface area contributed by atoms with Gasteiger partial charge in [0.05, 0.1) is 5.56 Å². The van der Waals surface area contributed by atoms with E-state index in [1.807, 2.05) is 23.6 Å². The van der Waals surface area contributed by atoms with E-state index in [2.05, 4.69) is 11.4 Å². The molecule has 2 N–H and O–H groups in total. The zero-order valence-corrected chi connectivity index (χ0v) is 9.29. The molecule has 0 aliphatic heterocycles. The number of aromatic hydroxyl groups is 1. The molecule has 0 unspecified atom stereocenters. The average molecular weight is 230 g/mol. The van der Waals surface area contributed by atoms with Gasteiger partial charge in [0.1, 0.15) is 11.8 Å². The van der Waals surface area contributed by atoms with E-state index in [-0.39, 0.29) is 5.75 Å². The number of nitriles is 1. The number of phenols is 1. The Morgan fingerprint density at radius 2 is 2.06 bits per heavy atom. The molecule has 16 heavy (non-hydrogen) atoms. The number of hydrogen-bond acceptors (Lipinski definition) is 4. The molecule has 2 rings (SSSR count). The highest BCUT2D eigenvalue weighted by Gasteiger charge is 1.99. The fraction of sp³-hybridized carbons (Fsp3) is 0.0833. The Hall–Kier alpha value is -1.99. The SMILES string of the molecule is N#Cc1csc(CNc2ccc(O)cc2)c1. The molecule has 0 atom stereocenters. The normalized spacial score (nSPS) is 9.69. The number of nitrogens with zero attached hydrogens (tertiary/aromatic N) is 1. The molecule has 4 heteroatoms. The van der Waals surface area contributed by atoms with Crippen LogP contribution in [0, 0.1) is 11.3 Å². The minimum absolute atomic E-state index is 0.258. The summed E-state index contributed by atoms with van der Waals surface area (Å²) in [5.41, 5.74) is 1.65. The molecular weight excluding hydrogens is 220 g/mol. The van der Waals surface area contributed by atoms with Crippen LogP contribution in [0.5, 0.6) is 5.75 Å². The van der Waals surface area contributed by atoms with Gasteiger partial charge in [0.15, 0.2) is 0 Å². The first-order valence-electron chi connectivity index (χ1n) is 4.78. The second kappa shape index (κ2) is 4.69. The Morgan fingerprint density at radius 3 is 2.69 bits per heavy atom. The predicted molar refractivity (Wildman–Crippen MR) is 64.5 cm³/mol. The van der Waals surface area contributed by atoms with Crippen molar-refractivity contribution in [3.63, 3.8) is 0 Å². The van der Waals surface area contributed by atoms with Crippen LogP contribution in [0.2, 0.25) is 0 Å². The summed E-state index contributed by atoms with van der Waals surface area (Å²) in [7, 11) is 0. The highest BCUT2D eigenvalue weighted by molar-refractivity contribution is 7.10. The summed E-state index contributed by atoms with van der Waals surface area (Å²) < 4.78 is 0. The molecule has 0 bridgehead atoms. The van der Waals surface area contributed by atoms with Gasteiger partial charge >= 0.3 is 0 Å². The van der Waals surface area contributed by atoms with Crippen molar-refractivity contribution in [2.75, 3.05) is 5.32 Å². The van der Waals surface area contributed by atoms with Gasteiger partial charge in [0.25, 0.3) is 0 Å². The van der Waals surface area contributed by atoms with Gasteiger partial charge < -0.3 is 10.4 Å². The molecular formula is C12H10N2OS. The smallest absolute Gasteiger partial charge is 0.115 e. The quantitative estimate of drug-likeness (QED) is 0.797. The van der Waals surface area contributed by atoms with Gasteiger partial charge in [-0.3, -0.25) is 0 Å². The Labute approximate surface area is 97.6 Å². The monoisotopic (exact) mass is 230 g/mol. The Morgan fingerprint density at radius 1 is 1.31 bits per heavy atom. The van der Waals surface area contributed by atoms with Crippen LogP contribution in [0.15, 0.2) is 35.7 Å². The summed E-state index contributed by atoms with van der Waals surface area (Å²) in [6, 6.07) is 10.9. The van der Waals surface area contributed by atoms with Gasteiger partial charge in [0.2, 0.25) is 0 Å². The van der Waals surface area contributed by atoms with Crippen molar-refractivity contribution < 1.29 is 5.11 Å². The summed E-state index contributed by atoms with van der Waals surface area (Å²) in [4.78, 5) is 1.12.